The number of carbonyl (C=O) groups excluding carboxylic acids is 2. The molecule has 0 atom stereocenters. The Balaban J connectivity index is 2.02. The number of nitrogens with one attached hydrogen (secondary N) is 2. The van der Waals surface area contributed by atoms with Crippen LogP contribution in [0.4, 0.5) is 5.69 Å². The smallest absolute Gasteiger partial charge is 0.329 e. The highest BCUT2D eigenvalue weighted by molar-refractivity contribution is 9.10. The van der Waals surface area contributed by atoms with Gasteiger partial charge in [0.1, 0.15) is 12.4 Å². The van der Waals surface area contributed by atoms with Gasteiger partial charge in [-0.3, -0.25) is 9.59 Å². The summed E-state index contributed by atoms with van der Waals surface area (Å²) >= 11 is 15.2. The molecular formula is C18H14BrCl2N3O3. The quantitative estimate of drug-likeness (QED) is 0.284. The number of nitrogens with zero attached hydrogens (tertiary/aromatic N) is 1. The molecular weight excluding hydrogens is 457 g/mol. The summed E-state index contributed by atoms with van der Waals surface area (Å²) in [6.07, 6.45) is 2.97. The summed E-state index contributed by atoms with van der Waals surface area (Å²) in [4.78, 5) is 23.8. The average molecular weight is 471 g/mol. The van der Waals surface area contributed by atoms with Gasteiger partial charge in [0.15, 0.2) is 0 Å². The van der Waals surface area contributed by atoms with E-state index in [2.05, 4.69) is 38.4 Å². The minimum absolute atomic E-state index is 0.141. The van der Waals surface area contributed by atoms with Crippen molar-refractivity contribution >= 4 is 62.8 Å². The Morgan fingerprint density at radius 3 is 2.74 bits per heavy atom. The predicted molar refractivity (Wildman–Crippen MR) is 111 cm³/mol. The van der Waals surface area contributed by atoms with Gasteiger partial charge < -0.3 is 10.1 Å². The van der Waals surface area contributed by atoms with E-state index in [4.69, 9.17) is 27.9 Å². The molecule has 140 valence electrons. The van der Waals surface area contributed by atoms with E-state index < -0.39 is 11.8 Å². The van der Waals surface area contributed by atoms with E-state index in [0.717, 1.165) is 4.47 Å². The molecule has 9 heteroatoms. The highest BCUT2D eigenvalue weighted by atomic mass is 79.9. The molecule has 6 nitrogen and oxygen atoms in total. The third-order valence-corrected chi connectivity index (χ3v) is 4.42. The second-order valence-corrected chi connectivity index (χ2v) is 6.74. The number of hydrogen-bond donors (Lipinski definition) is 2. The number of ether oxygens (including phenoxy) is 1. The minimum Gasteiger partial charge on any atom is -0.489 e. The molecule has 0 saturated carbocycles. The van der Waals surface area contributed by atoms with Gasteiger partial charge in [-0.05, 0) is 30.3 Å². The molecule has 0 heterocycles. The van der Waals surface area contributed by atoms with Crippen molar-refractivity contribution in [2.45, 2.75) is 0 Å². The second-order valence-electron chi connectivity index (χ2n) is 5.04. The van der Waals surface area contributed by atoms with Crippen molar-refractivity contribution in [3.05, 3.63) is 69.1 Å². The molecule has 0 aromatic heterocycles. The lowest BCUT2D eigenvalue weighted by molar-refractivity contribution is -0.136. The van der Waals surface area contributed by atoms with Crippen LogP contribution in [0.25, 0.3) is 0 Å². The maximum absolute atomic E-state index is 11.9. The number of rotatable bonds is 6. The van der Waals surface area contributed by atoms with Gasteiger partial charge in [-0.1, -0.05) is 57.9 Å². The van der Waals surface area contributed by atoms with Crippen LogP contribution in [0.15, 0.2) is 58.6 Å². The summed E-state index contributed by atoms with van der Waals surface area (Å²) in [6.45, 7) is 3.90. The van der Waals surface area contributed by atoms with Crippen LogP contribution in [0, 0.1) is 0 Å². The summed E-state index contributed by atoms with van der Waals surface area (Å²) in [6, 6.07) is 9.97. The van der Waals surface area contributed by atoms with E-state index in [1.165, 1.54) is 12.3 Å². The molecule has 0 aliphatic heterocycles. The number of amides is 2. The van der Waals surface area contributed by atoms with Crippen molar-refractivity contribution in [2.75, 3.05) is 11.9 Å². The van der Waals surface area contributed by atoms with Gasteiger partial charge in [-0.25, -0.2) is 5.43 Å². The van der Waals surface area contributed by atoms with Gasteiger partial charge >= 0.3 is 11.8 Å². The molecule has 0 bridgehead atoms. The summed E-state index contributed by atoms with van der Waals surface area (Å²) in [5.74, 6) is -1.36. The van der Waals surface area contributed by atoms with E-state index in [9.17, 15) is 9.59 Å². The number of carbonyl (C=O) groups is 2. The van der Waals surface area contributed by atoms with Gasteiger partial charge in [0, 0.05) is 10.0 Å². The van der Waals surface area contributed by atoms with Gasteiger partial charge in [-0.2, -0.15) is 5.10 Å². The Morgan fingerprint density at radius 2 is 2.00 bits per heavy atom. The molecule has 0 unspecified atom stereocenters. The van der Waals surface area contributed by atoms with E-state index in [1.807, 2.05) is 0 Å². The molecule has 2 N–H and O–H groups in total. The number of halogens is 3. The first-order valence-electron chi connectivity index (χ1n) is 7.54. The second kappa shape index (κ2) is 10.1. The first-order valence-corrected chi connectivity index (χ1v) is 9.09. The zero-order chi connectivity index (χ0) is 19.8. The number of hydrazone groups is 1. The maximum atomic E-state index is 11.9. The number of hydrogen-bond acceptors (Lipinski definition) is 4. The molecule has 27 heavy (non-hydrogen) atoms. The van der Waals surface area contributed by atoms with E-state index in [-0.39, 0.29) is 15.7 Å². The summed E-state index contributed by atoms with van der Waals surface area (Å²) in [5.41, 5.74) is 2.96. The summed E-state index contributed by atoms with van der Waals surface area (Å²) in [7, 11) is 0. The Bertz CT molecular complexity index is 903. The largest absolute Gasteiger partial charge is 0.489 e. The fourth-order valence-electron chi connectivity index (χ4n) is 1.89. The zero-order valence-corrected chi connectivity index (χ0v) is 16.9. The van der Waals surface area contributed by atoms with Crippen LogP contribution in [0.5, 0.6) is 5.75 Å². The molecule has 2 aromatic carbocycles. The first-order chi connectivity index (χ1) is 12.9. The molecule has 0 fully saturated rings. The van der Waals surface area contributed by atoms with Crippen LogP contribution >= 0.6 is 39.1 Å². The zero-order valence-electron chi connectivity index (χ0n) is 13.8. The van der Waals surface area contributed by atoms with Crippen molar-refractivity contribution in [3.63, 3.8) is 0 Å². The van der Waals surface area contributed by atoms with Crippen LogP contribution < -0.4 is 15.5 Å². The van der Waals surface area contributed by atoms with Gasteiger partial charge in [-0.15, -0.1) is 0 Å². The standard InChI is InChI=1S/C18H14BrCl2N3O3/c1-2-8-27-15-7-6-12(19)9-11(15)10-22-24-18(26)17(25)23-14-5-3-4-13(20)16(14)21/h2-7,9-10H,1,8H2,(H,23,25)(H,24,26)/b22-10-. The van der Waals surface area contributed by atoms with Crippen LogP contribution in [0.2, 0.25) is 10.0 Å². The molecule has 0 aliphatic carbocycles. The molecule has 2 amide bonds. The molecule has 0 aliphatic rings. The number of anilines is 1. The molecule has 2 rings (SSSR count). The topological polar surface area (TPSA) is 79.8 Å². The lowest BCUT2D eigenvalue weighted by Crippen LogP contribution is -2.32. The normalized spacial score (nSPS) is 10.5. The SMILES string of the molecule is C=CCOc1ccc(Br)cc1/C=N\NC(=O)C(=O)Nc1cccc(Cl)c1Cl. The van der Waals surface area contributed by atoms with Crippen molar-refractivity contribution in [1.29, 1.82) is 0 Å². The van der Waals surface area contributed by atoms with E-state index in [1.54, 1.807) is 36.4 Å². The monoisotopic (exact) mass is 469 g/mol. The Labute approximate surface area is 174 Å². The Morgan fingerprint density at radius 1 is 1.22 bits per heavy atom. The van der Waals surface area contributed by atoms with E-state index in [0.29, 0.717) is 17.9 Å². The first kappa shape index (κ1) is 21.0. The lowest BCUT2D eigenvalue weighted by Gasteiger charge is -2.08. The Hall–Kier alpha value is -2.35. The highest BCUT2D eigenvalue weighted by Crippen LogP contribution is 2.29. The van der Waals surface area contributed by atoms with Crippen molar-refractivity contribution in [2.24, 2.45) is 5.10 Å². The molecule has 0 radical (unpaired) electrons. The lowest BCUT2D eigenvalue weighted by atomic mass is 10.2. The Kier molecular flexibility index (Phi) is 7.84. The van der Waals surface area contributed by atoms with Crippen LogP contribution in [0.3, 0.4) is 0 Å². The average Bonchev–Trinajstić information content (AvgIpc) is 2.64. The van der Waals surface area contributed by atoms with Gasteiger partial charge in [0.25, 0.3) is 0 Å². The molecule has 0 spiro atoms. The highest BCUT2D eigenvalue weighted by Gasteiger charge is 2.15. The van der Waals surface area contributed by atoms with E-state index >= 15 is 0 Å². The van der Waals surface area contributed by atoms with Crippen LogP contribution in [-0.4, -0.2) is 24.6 Å². The van der Waals surface area contributed by atoms with Crippen molar-refractivity contribution in [3.8, 4) is 5.75 Å². The minimum atomic E-state index is -0.967. The van der Waals surface area contributed by atoms with Gasteiger partial charge in [0.2, 0.25) is 0 Å². The molecule has 2 aromatic rings. The van der Waals surface area contributed by atoms with Crippen LogP contribution in [0.1, 0.15) is 5.56 Å². The van der Waals surface area contributed by atoms with Crippen LogP contribution in [-0.2, 0) is 9.59 Å². The fourth-order valence-corrected chi connectivity index (χ4v) is 2.62. The predicted octanol–water partition coefficient (Wildman–Crippen LogP) is 4.41. The maximum Gasteiger partial charge on any atom is 0.329 e. The number of benzene rings is 2. The summed E-state index contributed by atoms with van der Waals surface area (Å²) in [5, 5.41) is 6.55. The van der Waals surface area contributed by atoms with Crippen molar-refractivity contribution in [1.82, 2.24) is 5.43 Å². The molecule has 0 saturated heterocycles. The summed E-state index contributed by atoms with van der Waals surface area (Å²) < 4.78 is 6.30. The van der Waals surface area contributed by atoms with Gasteiger partial charge in [0.05, 0.1) is 21.9 Å². The third kappa shape index (κ3) is 6.09. The van der Waals surface area contributed by atoms with Crippen molar-refractivity contribution < 1.29 is 14.3 Å². The fraction of sp³-hybridized carbons (Fsp3) is 0.0556. The third-order valence-electron chi connectivity index (χ3n) is 3.10.